The van der Waals surface area contributed by atoms with Gasteiger partial charge in [0.2, 0.25) is 0 Å². The van der Waals surface area contributed by atoms with Crippen molar-refractivity contribution in [2.75, 3.05) is 9.80 Å². The SMILES string of the molecule is CCn1c2ccccc2c2ccc(N(c3ccccc3)c3ccc4c(c3)C3(c5ccccc5Oc5ccccc53)c3cc(N(c5ccccc5)c5ccc6c7ccccc7n(-c7ccccc7)c6c5)ccc3-4)cc21. The summed E-state index contributed by atoms with van der Waals surface area (Å²) in [6.07, 6.45) is 0. The molecule has 0 saturated carbocycles. The van der Waals surface area contributed by atoms with Gasteiger partial charge in [0.05, 0.1) is 22.0 Å². The first kappa shape index (κ1) is 42.1. The van der Waals surface area contributed by atoms with Crippen LogP contribution in [0.1, 0.15) is 29.2 Å². The molecule has 1 spiro atoms. The van der Waals surface area contributed by atoms with E-state index in [-0.39, 0.29) is 0 Å². The predicted molar refractivity (Wildman–Crippen MR) is 306 cm³/mol. The molecule has 1 aliphatic carbocycles. The number of para-hydroxylation sites is 7. The van der Waals surface area contributed by atoms with E-state index >= 15 is 0 Å². The van der Waals surface area contributed by atoms with Crippen molar-refractivity contribution >= 4 is 77.7 Å². The van der Waals surface area contributed by atoms with Crippen molar-refractivity contribution in [1.82, 2.24) is 9.13 Å². The van der Waals surface area contributed by atoms with Gasteiger partial charge >= 0.3 is 0 Å². The van der Waals surface area contributed by atoms with Crippen LogP contribution in [0.3, 0.4) is 0 Å². The Labute approximate surface area is 429 Å². The minimum atomic E-state index is -0.741. The topological polar surface area (TPSA) is 25.6 Å². The van der Waals surface area contributed by atoms with Gasteiger partial charge in [0.25, 0.3) is 0 Å². The Morgan fingerprint density at radius 2 is 0.757 bits per heavy atom. The van der Waals surface area contributed by atoms with Crippen LogP contribution < -0.4 is 14.5 Å². The lowest BCUT2D eigenvalue weighted by molar-refractivity contribution is 0.436. The second-order valence-corrected chi connectivity index (χ2v) is 19.5. The molecule has 0 amide bonds. The molecule has 5 nitrogen and oxygen atoms in total. The van der Waals surface area contributed by atoms with Gasteiger partial charge in [-0.25, -0.2) is 0 Å². The highest BCUT2D eigenvalue weighted by Crippen LogP contribution is 2.63. The monoisotopic (exact) mass is 948 g/mol. The zero-order chi connectivity index (χ0) is 48.9. The smallest absolute Gasteiger partial charge is 0.132 e. The van der Waals surface area contributed by atoms with Gasteiger partial charge in [-0.15, -0.1) is 0 Å². The summed E-state index contributed by atoms with van der Waals surface area (Å²) in [7, 11) is 0. The zero-order valence-electron chi connectivity index (χ0n) is 40.7. The van der Waals surface area contributed by atoms with Gasteiger partial charge in [0.15, 0.2) is 0 Å². The van der Waals surface area contributed by atoms with Crippen LogP contribution in [-0.2, 0) is 12.0 Å². The van der Waals surface area contributed by atoms with Crippen LogP contribution in [0, 0.1) is 0 Å². The Bertz CT molecular complexity index is 4300. The zero-order valence-corrected chi connectivity index (χ0v) is 40.7. The molecule has 74 heavy (non-hydrogen) atoms. The van der Waals surface area contributed by atoms with Crippen molar-refractivity contribution in [1.29, 1.82) is 0 Å². The quantitative estimate of drug-likeness (QED) is 0.152. The van der Waals surface area contributed by atoms with Gasteiger partial charge in [0, 0.05) is 84.5 Å². The summed E-state index contributed by atoms with van der Waals surface area (Å²) in [6.45, 7) is 3.11. The van der Waals surface area contributed by atoms with Crippen molar-refractivity contribution in [3.63, 3.8) is 0 Å². The highest BCUT2D eigenvalue weighted by molar-refractivity contribution is 6.11. The van der Waals surface area contributed by atoms with Gasteiger partial charge in [-0.3, -0.25) is 0 Å². The fourth-order valence-electron chi connectivity index (χ4n) is 12.7. The lowest BCUT2D eigenvalue weighted by atomic mass is 9.66. The number of anilines is 6. The number of rotatable bonds is 8. The Morgan fingerprint density at radius 1 is 0.338 bits per heavy atom. The number of fused-ring (bicyclic) bond motifs is 15. The molecule has 11 aromatic carbocycles. The summed E-state index contributed by atoms with van der Waals surface area (Å²) in [4.78, 5) is 4.85. The standard InChI is InChI=1S/C69H48N4O/c1-2-70-63-30-16-12-26-55(63)57-40-36-51(44-65(57)70)71(46-20-6-3-7-21-46)49-34-38-53-54-39-35-50(43-62(54)69(61(53)42-49)59-28-14-18-32-67(59)74-68-33-19-15-29-60(68)69)72(47-22-8-4-9-23-47)52-37-41-58-56-27-13-17-31-64(56)73(66(58)45-52)48-24-10-5-11-25-48/h3-45H,2H2,1H3. The molecule has 15 rings (SSSR count). The van der Waals surface area contributed by atoms with Gasteiger partial charge in [-0.05, 0) is 138 Å². The van der Waals surface area contributed by atoms with Crippen LogP contribution in [0.2, 0.25) is 0 Å². The van der Waals surface area contributed by atoms with Crippen molar-refractivity contribution < 1.29 is 4.74 Å². The lowest BCUT2D eigenvalue weighted by Crippen LogP contribution is -2.32. The summed E-state index contributed by atoms with van der Waals surface area (Å²) in [5, 5.41) is 4.98. The van der Waals surface area contributed by atoms with E-state index in [1.807, 2.05) is 0 Å². The Hall–Kier alpha value is -9.58. The summed E-state index contributed by atoms with van der Waals surface area (Å²) >= 11 is 0. The molecule has 3 heterocycles. The Kier molecular flexibility index (Phi) is 9.39. The Balaban J connectivity index is 0.971. The number of aryl methyl sites for hydroxylation is 1. The molecule has 13 aromatic rings. The van der Waals surface area contributed by atoms with Crippen LogP contribution in [0.15, 0.2) is 261 Å². The number of hydrogen-bond acceptors (Lipinski definition) is 3. The van der Waals surface area contributed by atoms with Crippen LogP contribution in [0.4, 0.5) is 34.1 Å². The predicted octanol–water partition coefficient (Wildman–Crippen LogP) is 18.3. The van der Waals surface area contributed by atoms with Crippen LogP contribution >= 0.6 is 0 Å². The number of ether oxygens (including phenoxy) is 1. The van der Waals surface area contributed by atoms with Gasteiger partial charge in [0.1, 0.15) is 11.5 Å². The average Bonchev–Trinajstić information content (AvgIpc) is 4.16. The van der Waals surface area contributed by atoms with E-state index in [2.05, 4.69) is 287 Å². The number of benzene rings is 11. The van der Waals surface area contributed by atoms with Gasteiger partial charge in [-0.1, -0.05) is 152 Å². The fraction of sp³-hybridized carbons (Fsp3) is 0.0435. The first-order chi connectivity index (χ1) is 36.7. The maximum Gasteiger partial charge on any atom is 0.132 e. The highest BCUT2D eigenvalue weighted by Gasteiger charge is 2.51. The fourth-order valence-corrected chi connectivity index (χ4v) is 12.7. The molecule has 0 saturated heterocycles. The molecule has 0 unspecified atom stereocenters. The molecular formula is C69H48N4O. The second kappa shape index (κ2) is 16.5. The van der Waals surface area contributed by atoms with E-state index in [0.29, 0.717) is 0 Å². The summed E-state index contributed by atoms with van der Waals surface area (Å²) in [5.74, 6) is 1.72. The van der Waals surface area contributed by atoms with Crippen LogP contribution in [0.25, 0.3) is 60.4 Å². The minimum absolute atomic E-state index is 0.741. The third kappa shape index (κ3) is 6.10. The summed E-state index contributed by atoms with van der Waals surface area (Å²) < 4.78 is 11.7. The van der Waals surface area contributed by atoms with Gasteiger partial charge in [-0.2, -0.15) is 0 Å². The summed E-state index contributed by atoms with van der Waals surface area (Å²) in [5.41, 5.74) is 18.8. The highest BCUT2D eigenvalue weighted by atomic mass is 16.5. The molecular weight excluding hydrogens is 901 g/mol. The van der Waals surface area contributed by atoms with Crippen molar-refractivity contribution in [3.8, 4) is 28.3 Å². The number of nitrogens with zero attached hydrogens (tertiary/aromatic N) is 4. The molecule has 2 aromatic heterocycles. The molecule has 1 aliphatic heterocycles. The van der Waals surface area contributed by atoms with Crippen LogP contribution in [-0.4, -0.2) is 9.13 Å². The van der Waals surface area contributed by atoms with Crippen molar-refractivity contribution in [2.24, 2.45) is 0 Å². The molecule has 2 aliphatic rings. The molecule has 0 bridgehead atoms. The summed E-state index contributed by atoms with van der Waals surface area (Å²) in [6, 6.07) is 95.4. The normalized spacial score (nSPS) is 12.9. The van der Waals surface area contributed by atoms with Gasteiger partial charge < -0.3 is 23.7 Å². The van der Waals surface area contributed by atoms with Crippen molar-refractivity contribution in [2.45, 2.75) is 18.9 Å². The van der Waals surface area contributed by atoms with E-state index in [1.165, 1.54) is 60.3 Å². The van der Waals surface area contributed by atoms with Crippen LogP contribution in [0.5, 0.6) is 11.5 Å². The number of aromatic nitrogens is 2. The first-order valence-corrected chi connectivity index (χ1v) is 25.6. The lowest BCUT2D eigenvalue weighted by Gasteiger charge is -2.40. The maximum atomic E-state index is 6.90. The third-order valence-electron chi connectivity index (χ3n) is 15.7. The Morgan fingerprint density at radius 3 is 1.32 bits per heavy atom. The molecule has 5 heteroatoms. The van der Waals surface area contributed by atoms with E-state index < -0.39 is 5.41 Å². The van der Waals surface area contributed by atoms with E-state index in [1.54, 1.807) is 0 Å². The molecule has 0 radical (unpaired) electrons. The second-order valence-electron chi connectivity index (χ2n) is 19.5. The molecule has 350 valence electrons. The number of hydrogen-bond donors (Lipinski definition) is 0. The van der Waals surface area contributed by atoms with E-state index in [9.17, 15) is 0 Å². The maximum absolute atomic E-state index is 6.90. The molecule has 0 N–H and O–H groups in total. The van der Waals surface area contributed by atoms with E-state index in [0.717, 1.165) is 74.5 Å². The minimum Gasteiger partial charge on any atom is -0.457 e. The largest absolute Gasteiger partial charge is 0.457 e. The molecule has 0 fully saturated rings. The average molecular weight is 949 g/mol. The third-order valence-corrected chi connectivity index (χ3v) is 15.7. The van der Waals surface area contributed by atoms with E-state index in [4.69, 9.17) is 4.74 Å². The first-order valence-electron chi connectivity index (χ1n) is 25.6. The van der Waals surface area contributed by atoms with Crippen molar-refractivity contribution in [3.05, 3.63) is 283 Å². The molecule has 0 atom stereocenters.